The Morgan fingerprint density at radius 3 is 2.74 bits per heavy atom. The maximum Gasteiger partial charge on any atom is 0.133 e. The van der Waals surface area contributed by atoms with Crippen LogP contribution in [0.25, 0.3) is 0 Å². The van der Waals surface area contributed by atoms with Crippen molar-refractivity contribution < 1.29 is 9.15 Å². The molecule has 0 saturated carbocycles. The van der Waals surface area contributed by atoms with Crippen molar-refractivity contribution in [3.63, 3.8) is 0 Å². The highest BCUT2D eigenvalue weighted by molar-refractivity contribution is 9.10. The molecule has 1 unspecified atom stereocenters. The molecule has 0 bridgehead atoms. The van der Waals surface area contributed by atoms with E-state index in [2.05, 4.69) is 22.9 Å². The molecular weight excluding hydrogens is 328 g/mol. The van der Waals surface area contributed by atoms with Gasteiger partial charge in [-0.3, -0.25) is 0 Å². The van der Waals surface area contributed by atoms with E-state index in [4.69, 9.17) is 20.8 Å². The fourth-order valence-corrected chi connectivity index (χ4v) is 2.71. The summed E-state index contributed by atoms with van der Waals surface area (Å²) >= 11 is 10.0. The molecule has 2 nitrogen and oxygen atoms in total. The monoisotopic (exact) mass is 342 g/mol. The van der Waals surface area contributed by atoms with E-state index in [-0.39, 0.29) is 5.38 Å². The van der Waals surface area contributed by atoms with Crippen LogP contribution in [-0.4, -0.2) is 6.61 Å². The van der Waals surface area contributed by atoms with Crippen molar-refractivity contribution in [3.8, 4) is 5.75 Å². The van der Waals surface area contributed by atoms with Crippen molar-refractivity contribution >= 4 is 27.5 Å². The van der Waals surface area contributed by atoms with E-state index in [1.165, 1.54) is 0 Å². The maximum atomic E-state index is 6.49. The molecule has 2 rings (SSSR count). The minimum Gasteiger partial charge on any atom is -0.492 e. The second-order valence-electron chi connectivity index (χ2n) is 4.33. The number of halogens is 2. The van der Waals surface area contributed by atoms with Crippen LogP contribution in [0.15, 0.2) is 39.4 Å². The third-order valence-corrected chi connectivity index (χ3v) is 3.99. The summed E-state index contributed by atoms with van der Waals surface area (Å²) in [7, 11) is 0. The molecule has 0 radical (unpaired) electrons. The van der Waals surface area contributed by atoms with Gasteiger partial charge in [0.1, 0.15) is 11.5 Å². The minimum atomic E-state index is -0.213. The summed E-state index contributed by atoms with van der Waals surface area (Å²) in [6.07, 6.45) is 2.65. The Bertz CT molecular complexity index is 551. The molecule has 1 atom stereocenters. The molecule has 4 heteroatoms. The van der Waals surface area contributed by atoms with E-state index in [0.717, 1.165) is 33.5 Å². The summed E-state index contributed by atoms with van der Waals surface area (Å²) in [6, 6.07) is 7.83. The number of ether oxygens (including phenoxy) is 1. The molecule has 2 aromatic rings. The molecule has 0 aliphatic heterocycles. The molecule has 0 aliphatic rings. The van der Waals surface area contributed by atoms with Crippen LogP contribution < -0.4 is 4.74 Å². The number of alkyl halides is 1. The summed E-state index contributed by atoms with van der Waals surface area (Å²) in [5, 5.41) is -0.213. The summed E-state index contributed by atoms with van der Waals surface area (Å²) in [6.45, 7) is 4.71. The Kier molecular flexibility index (Phi) is 4.94. The molecule has 1 aromatic heterocycles. The van der Waals surface area contributed by atoms with Crippen molar-refractivity contribution in [2.75, 3.05) is 6.61 Å². The molecule has 0 fully saturated rings. The van der Waals surface area contributed by atoms with E-state index < -0.39 is 0 Å². The van der Waals surface area contributed by atoms with Crippen molar-refractivity contribution in [2.45, 2.75) is 25.6 Å². The fourth-order valence-electron chi connectivity index (χ4n) is 1.84. The van der Waals surface area contributed by atoms with Gasteiger partial charge in [0.05, 0.1) is 22.7 Å². The average molecular weight is 344 g/mol. The van der Waals surface area contributed by atoms with Crippen molar-refractivity contribution in [2.24, 2.45) is 0 Å². The first-order valence-corrected chi connectivity index (χ1v) is 7.46. The molecule has 0 amide bonds. The predicted molar refractivity (Wildman–Crippen MR) is 81.1 cm³/mol. The van der Waals surface area contributed by atoms with Gasteiger partial charge in [-0.05, 0) is 53.0 Å². The Morgan fingerprint density at radius 1 is 1.37 bits per heavy atom. The average Bonchev–Trinajstić information content (AvgIpc) is 2.82. The number of hydrogen-bond donors (Lipinski definition) is 0. The first-order chi connectivity index (χ1) is 9.13. The maximum absolute atomic E-state index is 6.49. The Morgan fingerprint density at radius 2 is 2.16 bits per heavy atom. The summed E-state index contributed by atoms with van der Waals surface area (Å²) < 4.78 is 11.8. The standard InChI is InChI=1S/C15H16BrClO2/c1-3-7-19-14-5-4-11(9-13(14)16)15(17)12-6-8-18-10(12)2/h4-6,8-9,15H,3,7H2,1-2H3. The van der Waals surface area contributed by atoms with Crippen LogP contribution in [0.5, 0.6) is 5.75 Å². The Balaban J connectivity index is 2.22. The highest BCUT2D eigenvalue weighted by atomic mass is 79.9. The van der Waals surface area contributed by atoms with E-state index in [0.29, 0.717) is 6.61 Å². The third kappa shape index (κ3) is 3.34. The van der Waals surface area contributed by atoms with Crippen LogP contribution in [-0.2, 0) is 0 Å². The van der Waals surface area contributed by atoms with E-state index >= 15 is 0 Å². The van der Waals surface area contributed by atoms with Gasteiger partial charge in [0, 0.05) is 5.56 Å². The van der Waals surface area contributed by atoms with Crippen LogP contribution >= 0.6 is 27.5 Å². The first kappa shape index (κ1) is 14.5. The van der Waals surface area contributed by atoms with Gasteiger partial charge in [0.2, 0.25) is 0 Å². The summed E-state index contributed by atoms with van der Waals surface area (Å²) in [5.41, 5.74) is 2.01. The number of rotatable bonds is 5. The fraction of sp³-hybridized carbons (Fsp3) is 0.333. The largest absolute Gasteiger partial charge is 0.492 e. The Labute approximate surface area is 126 Å². The lowest BCUT2D eigenvalue weighted by Crippen LogP contribution is -1.98. The first-order valence-electron chi connectivity index (χ1n) is 6.23. The van der Waals surface area contributed by atoms with Crippen LogP contribution in [0, 0.1) is 6.92 Å². The van der Waals surface area contributed by atoms with Crippen LogP contribution in [0.2, 0.25) is 0 Å². The molecule has 102 valence electrons. The number of aryl methyl sites for hydroxylation is 1. The van der Waals surface area contributed by atoms with E-state index in [1.54, 1.807) is 6.26 Å². The number of benzene rings is 1. The lowest BCUT2D eigenvalue weighted by atomic mass is 10.1. The molecule has 0 aliphatic carbocycles. The zero-order valence-electron chi connectivity index (χ0n) is 11.0. The molecule has 1 heterocycles. The van der Waals surface area contributed by atoms with Crippen LogP contribution in [0.4, 0.5) is 0 Å². The van der Waals surface area contributed by atoms with Gasteiger partial charge in [-0.2, -0.15) is 0 Å². The number of hydrogen-bond acceptors (Lipinski definition) is 2. The zero-order chi connectivity index (χ0) is 13.8. The SMILES string of the molecule is CCCOc1ccc(C(Cl)c2ccoc2C)cc1Br. The van der Waals surface area contributed by atoms with Gasteiger partial charge >= 0.3 is 0 Å². The predicted octanol–water partition coefficient (Wildman–Crippen LogP) is 5.47. The van der Waals surface area contributed by atoms with Crippen LogP contribution in [0.1, 0.15) is 35.6 Å². The van der Waals surface area contributed by atoms with Crippen LogP contribution in [0.3, 0.4) is 0 Å². The molecule has 1 aromatic carbocycles. The van der Waals surface area contributed by atoms with Crippen molar-refractivity contribution in [3.05, 3.63) is 51.9 Å². The second kappa shape index (κ2) is 6.49. The normalized spacial score (nSPS) is 12.4. The van der Waals surface area contributed by atoms with Gasteiger partial charge in [0.15, 0.2) is 0 Å². The molecular formula is C15H16BrClO2. The smallest absolute Gasteiger partial charge is 0.133 e. The van der Waals surface area contributed by atoms with E-state index in [1.807, 2.05) is 31.2 Å². The lowest BCUT2D eigenvalue weighted by molar-refractivity contribution is 0.315. The molecule has 0 N–H and O–H groups in total. The second-order valence-corrected chi connectivity index (χ2v) is 5.62. The quantitative estimate of drug-likeness (QED) is 0.672. The molecule has 0 saturated heterocycles. The molecule has 19 heavy (non-hydrogen) atoms. The zero-order valence-corrected chi connectivity index (χ0v) is 13.3. The highest BCUT2D eigenvalue weighted by Crippen LogP contribution is 2.35. The minimum absolute atomic E-state index is 0.213. The van der Waals surface area contributed by atoms with Gasteiger partial charge < -0.3 is 9.15 Å². The van der Waals surface area contributed by atoms with Gasteiger partial charge in [-0.1, -0.05) is 13.0 Å². The Hall–Kier alpha value is -0.930. The van der Waals surface area contributed by atoms with Crippen molar-refractivity contribution in [1.82, 2.24) is 0 Å². The van der Waals surface area contributed by atoms with E-state index in [9.17, 15) is 0 Å². The topological polar surface area (TPSA) is 22.4 Å². The van der Waals surface area contributed by atoms with Crippen molar-refractivity contribution in [1.29, 1.82) is 0 Å². The highest BCUT2D eigenvalue weighted by Gasteiger charge is 2.16. The third-order valence-electron chi connectivity index (χ3n) is 2.88. The lowest BCUT2D eigenvalue weighted by Gasteiger charge is -2.12. The summed E-state index contributed by atoms with van der Waals surface area (Å²) in [4.78, 5) is 0. The molecule has 0 spiro atoms. The van der Waals surface area contributed by atoms with Gasteiger partial charge in [0.25, 0.3) is 0 Å². The van der Waals surface area contributed by atoms with Gasteiger partial charge in [-0.25, -0.2) is 0 Å². The summed E-state index contributed by atoms with van der Waals surface area (Å²) in [5.74, 6) is 1.70. The van der Waals surface area contributed by atoms with Gasteiger partial charge in [-0.15, -0.1) is 11.6 Å². The number of furan rings is 1.